The molecule has 1 unspecified atom stereocenters. The van der Waals surface area contributed by atoms with E-state index in [2.05, 4.69) is 17.6 Å². The van der Waals surface area contributed by atoms with Gasteiger partial charge in [0.05, 0.1) is 7.11 Å². The summed E-state index contributed by atoms with van der Waals surface area (Å²) in [5.41, 5.74) is 0. The Bertz CT molecular complexity index is 713. The lowest BCUT2D eigenvalue weighted by Crippen LogP contribution is -2.39. The highest BCUT2D eigenvalue weighted by atomic mass is 35.5. The maximum atomic E-state index is 12.5. The highest BCUT2D eigenvalue weighted by Gasteiger charge is 2.20. The number of fused-ring (bicyclic) bond motifs is 1. The molecule has 1 aromatic heterocycles. The normalized spacial score (nSPS) is 16.1. The third-order valence-corrected chi connectivity index (χ3v) is 6.34. The molecule has 0 radical (unpaired) electrons. The van der Waals surface area contributed by atoms with E-state index in [9.17, 15) is 4.79 Å². The Balaban J connectivity index is 0.00000243. The molecule has 1 saturated carbocycles. The third-order valence-electron chi connectivity index (χ3n) is 5.19. The molecule has 3 rings (SSSR count). The second kappa shape index (κ2) is 10.1. The quantitative estimate of drug-likeness (QED) is 0.671. The minimum absolute atomic E-state index is 0. The number of halogens is 1. The summed E-state index contributed by atoms with van der Waals surface area (Å²) in [5.74, 6) is 1.42. The molecule has 26 heavy (non-hydrogen) atoms. The van der Waals surface area contributed by atoms with Crippen LogP contribution in [-0.2, 0) is 0 Å². The molecule has 0 spiro atoms. The summed E-state index contributed by atoms with van der Waals surface area (Å²) in [4.78, 5) is 13.2. The summed E-state index contributed by atoms with van der Waals surface area (Å²) in [5, 5.41) is 7.60. The molecule has 0 saturated heterocycles. The summed E-state index contributed by atoms with van der Waals surface area (Å²) in [6, 6.07) is 8.49. The molecule has 1 aliphatic rings. The first kappa shape index (κ1) is 21.0. The lowest BCUT2D eigenvalue weighted by molar-refractivity contribution is 0.0954. The largest absolute Gasteiger partial charge is 0.494 e. The average molecular weight is 397 g/mol. The third kappa shape index (κ3) is 4.90. The van der Waals surface area contributed by atoms with Gasteiger partial charge in [-0.3, -0.25) is 4.79 Å². The molecule has 2 N–H and O–H groups in total. The first-order valence-electron chi connectivity index (χ1n) is 9.28. The SMILES string of the molecule is COc1c(C(=O)NCCNC(C)C2CCCCC2)sc2ccccc12.Cl. The first-order valence-corrected chi connectivity index (χ1v) is 10.1. The smallest absolute Gasteiger partial charge is 0.265 e. The molecule has 0 aliphatic heterocycles. The van der Waals surface area contributed by atoms with Crippen molar-refractivity contribution in [1.29, 1.82) is 0 Å². The number of rotatable bonds is 7. The van der Waals surface area contributed by atoms with Crippen molar-refractivity contribution in [3.05, 3.63) is 29.1 Å². The molecular weight excluding hydrogens is 368 g/mol. The van der Waals surface area contributed by atoms with Gasteiger partial charge in [0.2, 0.25) is 0 Å². The Morgan fingerprint density at radius 3 is 2.69 bits per heavy atom. The molecule has 4 nitrogen and oxygen atoms in total. The van der Waals surface area contributed by atoms with E-state index in [0.717, 1.165) is 22.5 Å². The molecule has 144 valence electrons. The van der Waals surface area contributed by atoms with Crippen molar-refractivity contribution in [1.82, 2.24) is 10.6 Å². The van der Waals surface area contributed by atoms with Gasteiger partial charge in [-0.15, -0.1) is 23.7 Å². The zero-order valence-electron chi connectivity index (χ0n) is 15.5. The van der Waals surface area contributed by atoms with Crippen LogP contribution in [0.25, 0.3) is 10.1 Å². The molecule has 2 aromatic rings. The molecule has 1 heterocycles. The van der Waals surface area contributed by atoms with Gasteiger partial charge in [0.1, 0.15) is 10.6 Å². The van der Waals surface area contributed by atoms with Gasteiger partial charge in [0.25, 0.3) is 5.91 Å². The predicted octanol–water partition coefficient (Wildman–Crippen LogP) is 4.62. The number of thiophene rings is 1. The van der Waals surface area contributed by atoms with Gasteiger partial charge in [0, 0.05) is 29.2 Å². The Labute approximate surface area is 166 Å². The molecule has 1 atom stereocenters. The second-order valence-corrected chi connectivity index (χ2v) is 7.91. The van der Waals surface area contributed by atoms with Crippen LogP contribution in [0.1, 0.15) is 48.7 Å². The number of ether oxygens (including phenoxy) is 1. The molecule has 1 amide bonds. The number of amides is 1. The number of hydrogen-bond acceptors (Lipinski definition) is 4. The molecule has 1 fully saturated rings. The van der Waals surface area contributed by atoms with Crippen LogP contribution in [0.3, 0.4) is 0 Å². The van der Waals surface area contributed by atoms with Crippen LogP contribution in [0.15, 0.2) is 24.3 Å². The van der Waals surface area contributed by atoms with Gasteiger partial charge < -0.3 is 15.4 Å². The average Bonchev–Trinajstić information content (AvgIpc) is 3.04. The fourth-order valence-corrected chi connectivity index (χ4v) is 4.82. The van der Waals surface area contributed by atoms with Crippen molar-refractivity contribution in [3.8, 4) is 5.75 Å². The van der Waals surface area contributed by atoms with Crippen LogP contribution in [0.5, 0.6) is 5.75 Å². The number of nitrogens with one attached hydrogen (secondary N) is 2. The first-order chi connectivity index (χ1) is 12.2. The molecular formula is C20H29ClN2O2S. The molecule has 1 aromatic carbocycles. The number of carbonyl (C=O) groups excluding carboxylic acids is 1. The Kier molecular flexibility index (Phi) is 8.19. The van der Waals surface area contributed by atoms with Gasteiger partial charge in [-0.1, -0.05) is 31.4 Å². The van der Waals surface area contributed by atoms with Crippen LogP contribution in [0.4, 0.5) is 0 Å². The van der Waals surface area contributed by atoms with Crippen molar-refractivity contribution < 1.29 is 9.53 Å². The summed E-state index contributed by atoms with van der Waals surface area (Å²) in [7, 11) is 1.62. The van der Waals surface area contributed by atoms with E-state index < -0.39 is 0 Å². The number of benzene rings is 1. The van der Waals surface area contributed by atoms with Gasteiger partial charge in [0.15, 0.2) is 0 Å². The Morgan fingerprint density at radius 1 is 1.23 bits per heavy atom. The molecule has 1 aliphatic carbocycles. The van der Waals surface area contributed by atoms with Gasteiger partial charge >= 0.3 is 0 Å². The van der Waals surface area contributed by atoms with Crippen LogP contribution < -0.4 is 15.4 Å². The van der Waals surface area contributed by atoms with E-state index in [4.69, 9.17) is 4.74 Å². The Morgan fingerprint density at radius 2 is 1.96 bits per heavy atom. The Hall–Kier alpha value is -1.30. The van der Waals surface area contributed by atoms with Crippen LogP contribution in [-0.4, -0.2) is 32.1 Å². The van der Waals surface area contributed by atoms with E-state index in [0.29, 0.717) is 23.2 Å². The van der Waals surface area contributed by atoms with E-state index in [-0.39, 0.29) is 18.3 Å². The maximum absolute atomic E-state index is 12.5. The summed E-state index contributed by atoms with van der Waals surface area (Å²) >= 11 is 1.49. The van der Waals surface area contributed by atoms with Crippen molar-refractivity contribution in [2.24, 2.45) is 5.92 Å². The monoisotopic (exact) mass is 396 g/mol. The standard InChI is InChI=1S/C20H28N2O2S.ClH/c1-14(15-8-4-3-5-9-15)21-12-13-22-20(23)19-18(24-2)16-10-6-7-11-17(16)25-19;/h6-7,10-11,14-15,21H,3-5,8-9,12-13H2,1-2H3,(H,22,23);1H. The minimum Gasteiger partial charge on any atom is -0.494 e. The van der Waals surface area contributed by atoms with Crippen LogP contribution in [0.2, 0.25) is 0 Å². The van der Waals surface area contributed by atoms with Crippen molar-refractivity contribution >= 4 is 39.7 Å². The van der Waals surface area contributed by atoms with E-state index in [1.54, 1.807) is 7.11 Å². The predicted molar refractivity (Wildman–Crippen MR) is 112 cm³/mol. The van der Waals surface area contributed by atoms with Crippen molar-refractivity contribution in [3.63, 3.8) is 0 Å². The van der Waals surface area contributed by atoms with E-state index in [1.807, 2.05) is 24.3 Å². The molecule has 6 heteroatoms. The van der Waals surface area contributed by atoms with Crippen LogP contribution in [0, 0.1) is 5.92 Å². The summed E-state index contributed by atoms with van der Waals surface area (Å²) in [6.07, 6.45) is 6.77. The maximum Gasteiger partial charge on any atom is 0.265 e. The van der Waals surface area contributed by atoms with Gasteiger partial charge in [-0.25, -0.2) is 0 Å². The topological polar surface area (TPSA) is 50.4 Å². The van der Waals surface area contributed by atoms with Gasteiger partial charge in [-0.05, 0) is 37.8 Å². The van der Waals surface area contributed by atoms with Gasteiger partial charge in [-0.2, -0.15) is 0 Å². The van der Waals surface area contributed by atoms with Crippen molar-refractivity contribution in [2.45, 2.75) is 45.1 Å². The zero-order valence-corrected chi connectivity index (χ0v) is 17.2. The number of hydrogen-bond donors (Lipinski definition) is 2. The van der Waals surface area contributed by atoms with E-state index in [1.165, 1.54) is 43.4 Å². The van der Waals surface area contributed by atoms with Crippen molar-refractivity contribution in [2.75, 3.05) is 20.2 Å². The lowest BCUT2D eigenvalue weighted by atomic mass is 9.84. The summed E-state index contributed by atoms with van der Waals surface area (Å²) < 4.78 is 6.55. The van der Waals surface area contributed by atoms with Crippen LogP contribution >= 0.6 is 23.7 Å². The number of carbonyl (C=O) groups is 1. The fourth-order valence-electron chi connectivity index (χ4n) is 3.73. The highest BCUT2D eigenvalue weighted by Crippen LogP contribution is 2.37. The minimum atomic E-state index is -0.0508. The fraction of sp³-hybridized carbons (Fsp3) is 0.550. The second-order valence-electron chi connectivity index (χ2n) is 6.86. The number of methoxy groups -OCH3 is 1. The highest BCUT2D eigenvalue weighted by molar-refractivity contribution is 7.21. The molecule has 0 bridgehead atoms. The van der Waals surface area contributed by atoms with E-state index >= 15 is 0 Å². The zero-order chi connectivity index (χ0) is 17.6. The summed E-state index contributed by atoms with van der Waals surface area (Å²) in [6.45, 7) is 3.71. The lowest BCUT2D eigenvalue weighted by Gasteiger charge is -2.28.